The largest absolute Gasteiger partial charge is 0.460 e. The summed E-state index contributed by atoms with van der Waals surface area (Å²) in [6.45, 7) is 7.37. The van der Waals surface area contributed by atoms with Crippen molar-refractivity contribution in [2.24, 2.45) is 16.7 Å². The Morgan fingerprint density at radius 3 is 2.78 bits per heavy atom. The smallest absolute Gasteiger partial charge is 0.303 e. The van der Waals surface area contributed by atoms with Crippen LogP contribution in [-0.4, -0.2) is 11.6 Å². The molecule has 2 aliphatic rings. The lowest BCUT2D eigenvalue weighted by Crippen LogP contribution is -2.56. The second kappa shape index (κ2) is 3.85. The molecule has 2 rings (SSSR count). The molecule has 1 fully saturated rings. The predicted molar refractivity (Wildman–Crippen MR) is 68.5 cm³/mol. The van der Waals surface area contributed by atoms with Gasteiger partial charge in [-0.15, -0.1) is 0 Å². The van der Waals surface area contributed by atoms with Crippen molar-refractivity contribution in [3.8, 4) is 6.07 Å². The van der Waals surface area contributed by atoms with Crippen LogP contribution in [-0.2, 0) is 9.53 Å². The number of carbonyl (C=O) groups excluding carboxylic acids is 1. The zero-order chi connectivity index (χ0) is 13.6. The number of nitriles is 1. The van der Waals surface area contributed by atoms with Crippen LogP contribution in [0, 0.1) is 28.1 Å². The molecule has 0 N–H and O–H groups in total. The molecule has 98 valence electrons. The highest BCUT2D eigenvalue weighted by Crippen LogP contribution is 2.67. The minimum atomic E-state index is -0.577. The molecule has 0 amide bonds. The van der Waals surface area contributed by atoms with Gasteiger partial charge in [0.1, 0.15) is 5.60 Å². The highest BCUT2D eigenvalue weighted by Gasteiger charge is 2.64. The third-order valence-electron chi connectivity index (χ3n) is 4.72. The Labute approximate surface area is 109 Å². The number of nitrogens with zero attached hydrogens (tertiary/aromatic N) is 1. The van der Waals surface area contributed by atoms with E-state index in [0.717, 1.165) is 12.8 Å². The molecule has 3 atom stereocenters. The summed E-state index contributed by atoms with van der Waals surface area (Å²) in [6.07, 6.45) is 6.97. The van der Waals surface area contributed by atoms with Gasteiger partial charge in [-0.2, -0.15) is 5.26 Å². The van der Waals surface area contributed by atoms with Gasteiger partial charge < -0.3 is 4.74 Å². The highest BCUT2D eigenvalue weighted by atomic mass is 16.6. The second-order valence-corrected chi connectivity index (χ2v) is 6.55. The Bertz CT molecular complexity index is 446. The summed E-state index contributed by atoms with van der Waals surface area (Å²) in [4.78, 5) is 11.1. The van der Waals surface area contributed by atoms with Crippen LogP contribution >= 0.6 is 0 Å². The van der Waals surface area contributed by atoms with Crippen LogP contribution in [0.2, 0.25) is 0 Å². The normalized spacial score (nSPS) is 37.6. The quantitative estimate of drug-likeness (QED) is 0.568. The number of carbonyl (C=O) groups is 1. The first-order chi connectivity index (χ1) is 8.25. The molecule has 0 unspecified atom stereocenters. The number of ether oxygens (including phenoxy) is 1. The maximum atomic E-state index is 11.1. The van der Waals surface area contributed by atoms with Crippen molar-refractivity contribution < 1.29 is 9.53 Å². The molecule has 0 radical (unpaired) electrons. The van der Waals surface area contributed by atoms with Gasteiger partial charge in [0.2, 0.25) is 0 Å². The first kappa shape index (κ1) is 13.1. The van der Waals surface area contributed by atoms with Crippen molar-refractivity contribution in [3.63, 3.8) is 0 Å². The minimum Gasteiger partial charge on any atom is -0.460 e. The van der Waals surface area contributed by atoms with E-state index < -0.39 is 5.60 Å². The van der Waals surface area contributed by atoms with Crippen LogP contribution in [0.15, 0.2) is 12.2 Å². The monoisotopic (exact) mass is 247 g/mol. The number of esters is 1. The van der Waals surface area contributed by atoms with Crippen molar-refractivity contribution in [1.82, 2.24) is 0 Å². The van der Waals surface area contributed by atoms with Gasteiger partial charge in [-0.1, -0.05) is 19.1 Å². The molecule has 0 aromatic rings. The van der Waals surface area contributed by atoms with Gasteiger partial charge in [0.05, 0.1) is 11.5 Å². The van der Waals surface area contributed by atoms with Gasteiger partial charge in [0, 0.05) is 18.8 Å². The first-order valence-electron chi connectivity index (χ1n) is 6.53. The highest BCUT2D eigenvalue weighted by molar-refractivity contribution is 5.66. The topological polar surface area (TPSA) is 50.1 Å². The molecular weight excluding hydrogens is 226 g/mol. The average molecular weight is 247 g/mol. The van der Waals surface area contributed by atoms with Gasteiger partial charge in [-0.05, 0) is 32.6 Å². The van der Waals surface area contributed by atoms with E-state index in [4.69, 9.17) is 4.74 Å². The molecule has 2 aliphatic carbocycles. The van der Waals surface area contributed by atoms with Crippen LogP contribution < -0.4 is 0 Å². The van der Waals surface area contributed by atoms with Gasteiger partial charge in [-0.25, -0.2) is 0 Å². The van der Waals surface area contributed by atoms with Crippen molar-refractivity contribution in [2.45, 2.75) is 52.6 Å². The summed E-state index contributed by atoms with van der Waals surface area (Å²) in [5, 5.41) is 9.62. The van der Waals surface area contributed by atoms with Gasteiger partial charge >= 0.3 is 5.97 Å². The van der Waals surface area contributed by atoms with E-state index in [2.05, 4.69) is 25.1 Å². The number of hydrogen-bond acceptors (Lipinski definition) is 3. The Balaban J connectivity index is 2.19. The number of rotatable bonds is 3. The van der Waals surface area contributed by atoms with Crippen LogP contribution in [0.5, 0.6) is 0 Å². The first-order valence-corrected chi connectivity index (χ1v) is 6.53. The molecule has 3 nitrogen and oxygen atoms in total. The second-order valence-electron chi connectivity index (χ2n) is 6.55. The standard InChI is InChI=1S/C15H21NO2/c1-11(17)18-13(2,3)9-15(10-16)8-12-6-5-7-14(12,15)4/h5,7,12H,6,8-9H2,1-4H3/t12-,14-,15-/m0/s1. The number of hydrogen-bond donors (Lipinski definition) is 0. The summed E-state index contributed by atoms with van der Waals surface area (Å²) in [6, 6.07) is 2.51. The molecule has 0 aromatic carbocycles. The van der Waals surface area contributed by atoms with Crippen LogP contribution in [0.25, 0.3) is 0 Å². The van der Waals surface area contributed by atoms with Crippen molar-refractivity contribution >= 4 is 5.97 Å². The van der Waals surface area contributed by atoms with Gasteiger partial charge in [0.15, 0.2) is 0 Å². The van der Waals surface area contributed by atoms with Gasteiger partial charge in [-0.3, -0.25) is 4.79 Å². The third kappa shape index (κ3) is 1.75. The molecule has 0 bridgehead atoms. The summed E-state index contributed by atoms with van der Waals surface area (Å²) in [5.74, 6) is 0.307. The van der Waals surface area contributed by atoms with E-state index >= 15 is 0 Å². The molecular formula is C15H21NO2. The van der Waals surface area contributed by atoms with Crippen LogP contribution in [0.3, 0.4) is 0 Å². The van der Waals surface area contributed by atoms with E-state index in [9.17, 15) is 10.1 Å². The summed E-state index contributed by atoms with van der Waals surface area (Å²) < 4.78 is 5.35. The summed E-state index contributed by atoms with van der Waals surface area (Å²) in [7, 11) is 0. The fourth-order valence-corrected chi connectivity index (χ4v) is 3.83. The molecule has 0 aromatic heterocycles. The van der Waals surface area contributed by atoms with E-state index in [1.165, 1.54) is 6.92 Å². The average Bonchev–Trinajstić information content (AvgIpc) is 2.52. The minimum absolute atomic E-state index is 0.0425. The Morgan fingerprint density at radius 2 is 2.28 bits per heavy atom. The zero-order valence-corrected chi connectivity index (χ0v) is 11.6. The molecule has 0 heterocycles. The SMILES string of the molecule is CC(=O)OC(C)(C)C[C@]1(C#N)C[C@@H]2CC=C[C@@]21C. The zero-order valence-electron chi connectivity index (χ0n) is 11.6. The van der Waals surface area contributed by atoms with E-state index in [1.807, 2.05) is 13.8 Å². The summed E-state index contributed by atoms with van der Waals surface area (Å²) in [5.41, 5.74) is -1.01. The van der Waals surface area contributed by atoms with Crippen LogP contribution in [0.1, 0.15) is 47.0 Å². The molecule has 0 aliphatic heterocycles. The Morgan fingerprint density at radius 1 is 1.61 bits per heavy atom. The Kier molecular flexibility index (Phi) is 2.81. The fraction of sp³-hybridized carbons (Fsp3) is 0.733. The lowest BCUT2D eigenvalue weighted by Gasteiger charge is -2.58. The number of fused-ring (bicyclic) bond motifs is 1. The maximum Gasteiger partial charge on any atom is 0.303 e. The van der Waals surface area contributed by atoms with E-state index in [1.54, 1.807) is 0 Å². The lowest BCUT2D eigenvalue weighted by molar-refractivity contribution is -0.163. The molecule has 0 spiro atoms. The predicted octanol–water partition coefficient (Wildman–Crippen LogP) is 3.21. The Hall–Kier alpha value is -1.30. The molecule has 0 saturated heterocycles. The van der Waals surface area contributed by atoms with Crippen LogP contribution in [0.4, 0.5) is 0 Å². The van der Waals surface area contributed by atoms with E-state index in [-0.39, 0.29) is 16.8 Å². The molecule has 18 heavy (non-hydrogen) atoms. The summed E-state index contributed by atoms with van der Waals surface area (Å²) >= 11 is 0. The third-order valence-corrected chi connectivity index (χ3v) is 4.72. The number of allylic oxidation sites excluding steroid dienone is 2. The van der Waals surface area contributed by atoms with E-state index in [0.29, 0.717) is 12.3 Å². The van der Waals surface area contributed by atoms with Crippen molar-refractivity contribution in [2.75, 3.05) is 0 Å². The maximum absolute atomic E-state index is 11.1. The lowest BCUT2D eigenvalue weighted by atomic mass is 9.44. The molecule has 1 saturated carbocycles. The van der Waals surface area contributed by atoms with Crippen molar-refractivity contribution in [3.05, 3.63) is 12.2 Å². The van der Waals surface area contributed by atoms with Gasteiger partial charge in [0.25, 0.3) is 0 Å². The fourth-order valence-electron chi connectivity index (χ4n) is 3.83. The van der Waals surface area contributed by atoms with Crippen molar-refractivity contribution in [1.29, 1.82) is 5.26 Å². The molecule has 3 heteroatoms.